The van der Waals surface area contributed by atoms with E-state index >= 15 is 0 Å². The number of ether oxygens (including phenoxy) is 1. The molecule has 0 amide bonds. The Balaban J connectivity index is 1.60. The summed E-state index contributed by atoms with van der Waals surface area (Å²) in [5.74, 6) is 0. The van der Waals surface area contributed by atoms with Crippen LogP contribution >= 0.6 is 0 Å². The largest absolute Gasteiger partial charge is 0.375 e. The molecular weight excluding hydrogens is 212 g/mol. The smallest absolute Gasteiger partial charge is 0.0697 e. The van der Waals surface area contributed by atoms with Crippen LogP contribution in [-0.4, -0.2) is 36.9 Å². The molecule has 0 aromatic carbocycles. The second kappa shape index (κ2) is 4.52. The molecule has 3 fully saturated rings. The Labute approximate surface area is 105 Å². The highest BCUT2D eigenvalue weighted by molar-refractivity contribution is 4.99. The molecule has 2 N–H and O–H groups in total. The predicted octanol–water partition coefficient (Wildman–Crippen LogP) is 1.82. The van der Waals surface area contributed by atoms with Crippen molar-refractivity contribution in [1.82, 2.24) is 10.6 Å². The van der Waals surface area contributed by atoms with Crippen LogP contribution in [0.4, 0.5) is 0 Å². The SMILES string of the molecule is CC1(NC2CCOC3(CCCC3)C2)CCNC1. The fraction of sp³-hybridized carbons (Fsp3) is 1.00. The zero-order valence-corrected chi connectivity index (χ0v) is 11.1. The summed E-state index contributed by atoms with van der Waals surface area (Å²) >= 11 is 0. The molecule has 0 aromatic heterocycles. The molecule has 1 aliphatic carbocycles. The molecule has 0 radical (unpaired) electrons. The van der Waals surface area contributed by atoms with Crippen LogP contribution in [0.1, 0.15) is 51.9 Å². The van der Waals surface area contributed by atoms with Crippen LogP contribution < -0.4 is 10.6 Å². The van der Waals surface area contributed by atoms with Gasteiger partial charge in [0.1, 0.15) is 0 Å². The van der Waals surface area contributed by atoms with Gasteiger partial charge in [-0.1, -0.05) is 12.8 Å². The average molecular weight is 238 g/mol. The first-order valence-corrected chi connectivity index (χ1v) is 7.32. The van der Waals surface area contributed by atoms with Gasteiger partial charge in [0, 0.05) is 24.7 Å². The van der Waals surface area contributed by atoms with Gasteiger partial charge in [-0.05, 0) is 45.6 Å². The Hall–Kier alpha value is -0.120. The molecule has 3 heteroatoms. The van der Waals surface area contributed by atoms with E-state index in [1.807, 2.05) is 0 Å². The van der Waals surface area contributed by atoms with E-state index in [1.165, 1.54) is 44.9 Å². The highest BCUT2D eigenvalue weighted by Gasteiger charge is 2.41. The molecule has 2 aliphatic heterocycles. The Morgan fingerprint density at radius 1 is 1.24 bits per heavy atom. The highest BCUT2D eigenvalue weighted by Crippen LogP contribution is 2.40. The van der Waals surface area contributed by atoms with Gasteiger partial charge in [0.2, 0.25) is 0 Å². The molecule has 98 valence electrons. The van der Waals surface area contributed by atoms with E-state index in [9.17, 15) is 0 Å². The summed E-state index contributed by atoms with van der Waals surface area (Å²) in [4.78, 5) is 0. The van der Waals surface area contributed by atoms with Crippen molar-refractivity contribution in [2.45, 2.75) is 69.1 Å². The van der Waals surface area contributed by atoms with Crippen LogP contribution in [0, 0.1) is 0 Å². The first-order chi connectivity index (χ1) is 8.20. The standard InChI is InChI=1S/C14H26N2O/c1-13(7-8-15-11-13)16-12-4-9-17-14(10-12)5-2-3-6-14/h12,15-16H,2-11H2,1H3. The maximum Gasteiger partial charge on any atom is 0.0697 e. The lowest BCUT2D eigenvalue weighted by Crippen LogP contribution is -2.54. The van der Waals surface area contributed by atoms with Crippen molar-refractivity contribution in [2.24, 2.45) is 0 Å². The van der Waals surface area contributed by atoms with Crippen molar-refractivity contribution >= 4 is 0 Å². The van der Waals surface area contributed by atoms with Crippen molar-refractivity contribution in [3.8, 4) is 0 Å². The normalized spacial score (nSPS) is 41.1. The van der Waals surface area contributed by atoms with Crippen LogP contribution in [-0.2, 0) is 4.74 Å². The minimum Gasteiger partial charge on any atom is -0.375 e. The molecule has 2 saturated heterocycles. The Morgan fingerprint density at radius 3 is 2.76 bits per heavy atom. The highest BCUT2D eigenvalue weighted by atomic mass is 16.5. The van der Waals surface area contributed by atoms with E-state index in [1.54, 1.807) is 0 Å². The van der Waals surface area contributed by atoms with Gasteiger partial charge in [-0.15, -0.1) is 0 Å². The third-order valence-electron chi connectivity index (χ3n) is 4.93. The van der Waals surface area contributed by atoms with Crippen LogP contribution in [0.25, 0.3) is 0 Å². The van der Waals surface area contributed by atoms with Gasteiger partial charge in [0.15, 0.2) is 0 Å². The Kier molecular flexibility index (Phi) is 3.18. The Bertz CT molecular complexity index is 265. The second-order valence-corrected chi connectivity index (χ2v) is 6.56. The minimum atomic E-state index is 0.248. The van der Waals surface area contributed by atoms with E-state index in [2.05, 4.69) is 17.6 Å². The minimum absolute atomic E-state index is 0.248. The molecule has 3 rings (SSSR count). The van der Waals surface area contributed by atoms with Gasteiger partial charge in [0.05, 0.1) is 5.60 Å². The number of nitrogens with one attached hydrogen (secondary N) is 2. The lowest BCUT2D eigenvalue weighted by atomic mass is 9.87. The van der Waals surface area contributed by atoms with Crippen molar-refractivity contribution in [3.05, 3.63) is 0 Å². The van der Waals surface area contributed by atoms with Crippen molar-refractivity contribution in [3.63, 3.8) is 0 Å². The molecule has 3 aliphatic rings. The van der Waals surface area contributed by atoms with Gasteiger partial charge in [-0.25, -0.2) is 0 Å². The molecule has 2 atom stereocenters. The van der Waals surface area contributed by atoms with Crippen LogP contribution in [0.5, 0.6) is 0 Å². The molecule has 17 heavy (non-hydrogen) atoms. The summed E-state index contributed by atoms with van der Waals surface area (Å²) < 4.78 is 6.10. The lowest BCUT2D eigenvalue weighted by molar-refractivity contribution is -0.0862. The molecule has 1 spiro atoms. The summed E-state index contributed by atoms with van der Waals surface area (Å²) in [5.41, 5.74) is 0.570. The summed E-state index contributed by atoms with van der Waals surface area (Å²) in [6.07, 6.45) is 9.01. The number of hydrogen-bond donors (Lipinski definition) is 2. The number of hydrogen-bond acceptors (Lipinski definition) is 3. The molecule has 0 aromatic rings. The zero-order valence-electron chi connectivity index (χ0n) is 11.1. The summed E-state index contributed by atoms with van der Waals surface area (Å²) in [6, 6.07) is 0.673. The predicted molar refractivity (Wildman–Crippen MR) is 69.2 cm³/mol. The molecule has 2 unspecified atom stereocenters. The van der Waals surface area contributed by atoms with E-state index in [4.69, 9.17) is 4.74 Å². The van der Waals surface area contributed by atoms with E-state index < -0.39 is 0 Å². The van der Waals surface area contributed by atoms with E-state index in [-0.39, 0.29) is 5.60 Å². The van der Waals surface area contributed by atoms with Gasteiger partial charge in [-0.3, -0.25) is 0 Å². The first kappa shape index (κ1) is 11.9. The van der Waals surface area contributed by atoms with Crippen molar-refractivity contribution in [1.29, 1.82) is 0 Å². The van der Waals surface area contributed by atoms with Crippen LogP contribution in [0.3, 0.4) is 0 Å². The van der Waals surface area contributed by atoms with E-state index in [0.29, 0.717) is 11.6 Å². The monoisotopic (exact) mass is 238 g/mol. The van der Waals surface area contributed by atoms with Gasteiger partial charge < -0.3 is 15.4 Å². The molecule has 3 nitrogen and oxygen atoms in total. The maximum atomic E-state index is 6.10. The fourth-order valence-corrected chi connectivity index (χ4v) is 3.95. The zero-order chi connectivity index (χ0) is 11.8. The third kappa shape index (κ3) is 2.51. The second-order valence-electron chi connectivity index (χ2n) is 6.56. The quantitative estimate of drug-likeness (QED) is 0.770. The van der Waals surface area contributed by atoms with Crippen LogP contribution in [0.2, 0.25) is 0 Å². The van der Waals surface area contributed by atoms with Crippen molar-refractivity contribution < 1.29 is 4.74 Å². The fourth-order valence-electron chi connectivity index (χ4n) is 3.95. The summed E-state index contributed by atoms with van der Waals surface area (Å²) in [7, 11) is 0. The van der Waals surface area contributed by atoms with Gasteiger partial charge in [0.25, 0.3) is 0 Å². The molecular formula is C14H26N2O. The maximum absolute atomic E-state index is 6.10. The van der Waals surface area contributed by atoms with Gasteiger partial charge >= 0.3 is 0 Å². The van der Waals surface area contributed by atoms with Crippen LogP contribution in [0.15, 0.2) is 0 Å². The first-order valence-electron chi connectivity index (χ1n) is 7.32. The van der Waals surface area contributed by atoms with Gasteiger partial charge in [-0.2, -0.15) is 0 Å². The third-order valence-corrected chi connectivity index (χ3v) is 4.93. The molecule has 2 heterocycles. The lowest BCUT2D eigenvalue weighted by Gasteiger charge is -2.41. The molecule has 1 saturated carbocycles. The topological polar surface area (TPSA) is 33.3 Å². The Morgan fingerprint density at radius 2 is 2.06 bits per heavy atom. The van der Waals surface area contributed by atoms with Crippen molar-refractivity contribution in [2.75, 3.05) is 19.7 Å². The number of rotatable bonds is 2. The summed E-state index contributed by atoms with van der Waals surface area (Å²) in [6.45, 7) is 5.61. The average Bonchev–Trinajstić information content (AvgIpc) is 2.89. The summed E-state index contributed by atoms with van der Waals surface area (Å²) in [5, 5.41) is 7.37. The van der Waals surface area contributed by atoms with E-state index in [0.717, 1.165) is 19.7 Å². The molecule has 0 bridgehead atoms.